The molecular weight excluding hydrogens is 479 g/mol. The highest BCUT2D eigenvalue weighted by Crippen LogP contribution is 2.29. The first-order chi connectivity index (χ1) is 17.2. The molecule has 4 aromatic heterocycles. The van der Waals surface area contributed by atoms with Crippen molar-refractivity contribution in [3.8, 4) is 28.6 Å². The predicted molar refractivity (Wildman–Crippen MR) is 122 cm³/mol. The summed E-state index contributed by atoms with van der Waals surface area (Å²) in [5.41, 5.74) is 4.30. The molecule has 2 N–H and O–H groups in total. The number of alkyl halides is 3. The molecule has 1 saturated heterocycles. The summed E-state index contributed by atoms with van der Waals surface area (Å²) in [6.45, 7) is 3.79. The molecule has 0 radical (unpaired) electrons. The zero-order valence-electron chi connectivity index (χ0n) is 18.9. The third kappa shape index (κ3) is 5.26. The highest BCUT2D eigenvalue weighted by atomic mass is 19.4. The van der Waals surface area contributed by atoms with Crippen molar-refractivity contribution in [2.45, 2.75) is 6.18 Å². The van der Waals surface area contributed by atoms with Crippen molar-refractivity contribution in [2.24, 2.45) is 7.05 Å². The zero-order valence-corrected chi connectivity index (χ0v) is 18.9. The van der Waals surface area contributed by atoms with Gasteiger partial charge in [-0.15, -0.1) is 0 Å². The Morgan fingerprint density at radius 2 is 1.83 bits per heavy atom. The quantitative estimate of drug-likeness (QED) is 0.434. The van der Waals surface area contributed by atoms with Gasteiger partial charge in [0.1, 0.15) is 23.0 Å². The van der Waals surface area contributed by atoms with Crippen LogP contribution in [-0.4, -0.2) is 72.8 Å². The Balaban J connectivity index is 0.000000384. The van der Waals surface area contributed by atoms with Crippen LogP contribution in [0.5, 0.6) is 0 Å². The fraction of sp³-hybridized carbons (Fsp3) is 0.273. The molecule has 1 aliphatic rings. The molecule has 1 fully saturated rings. The minimum atomic E-state index is -5.08. The summed E-state index contributed by atoms with van der Waals surface area (Å²) < 4.78 is 35.2. The number of aryl methyl sites for hydroxylation is 1. The van der Waals surface area contributed by atoms with Crippen molar-refractivity contribution in [2.75, 3.05) is 31.1 Å². The fourth-order valence-corrected chi connectivity index (χ4v) is 3.60. The van der Waals surface area contributed by atoms with Gasteiger partial charge in [-0.2, -0.15) is 28.6 Å². The lowest BCUT2D eigenvalue weighted by Crippen LogP contribution is -2.43. The molecule has 4 aromatic rings. The molecular formula is C22H20F3N9O2. The van der Waals surface area contributed by atoms with Gasteiger partial charge in [0, 0.05) is 56.7 Å². The van der Waals surface area contributed by atoms with Gasteiger partial charge >= 0.3 is 12.1 Å². The van der Waals surface area contributed by atoms with E-state index in [1.54, 1.807) is 21.6 Å². The molecule has 186 valence electrons. The predicted octanol–water partition coefficient (Wildman–Crippen LogP) is 2.11. The average molecular weight is 499 g/mol. The lowest BCUT2D eigenvalue weighted by atomic mass is 10.1. The Morgan fingerprint density at radius 1 is 1.11 bits per heavy atom. The van der Waals surface area contributed by atoms with Gasteiger partial charge in [-0.1, -0.05) is 0 Å². The van der Waals surface area contributed by atoms with Gasteiger partial charge < -0.3 is 15.3 Å². The highest BCUT2D eigenvalue weighted by Gasteiger charge is 2.38. The number of hydrogen-bond acceptors (Lipinski definition) is 8. The number of carbonyl (C=O) groups is 1. The molecule has 0 bridgehead atoms. The molecule has 5 heterocycles. The maximum Gasteiger partial charge on any atom is 0.490 e. The van der Waals surface area contributed by atoms with E-state index in [0.717, 1.165) is 48.8 Å². The van der Waals surface area contributed by atoms with E-state index in [4.69, 9.17) is 14.9 Å². The molecule has 5 rings (SSSR count). The summed E-state index contributed by atoms with van der Waals surface area (Å²) in [6, 6.07) is 6.23. The van der Waals surface area contributed by atoms with E-state index in [0.29, 0.717) is 16.8 Å². The second-order valence-corrected chi connectivity index (χ2v) is 7.79. The van der Waals surface area contributed by atoms with E-state index >= 15 is 0 Å². The Labute approximate surface area is 202 Å². The molecule has 0 aliphatic carbocycles. The van der Waals surface area contributed by atoms with Gasteiger partial charge in [-0.05, 0) is 12.1 Å². The monoisotopic (exact) mass is 499 g/mol. The van der Waals surface area contributed by atoms with Crippen molar-refractivity contribution in [3.05, 3.63) is 48.7 Å². The second-order valence-electron chi connectivity index (χ2n) is 7.79. The fourth-order valence-electron chi connectivity index (χ4n) is 3.60. The van der Waals surface area contributed by atoms with Crippen LogP contribution in [-0.2, 0) is 11.8 Å². The summed E-state index contributed by atoms with van der Waals surface area (Å²) in [5.74, 6) is -1.81. The molecule has 36 heavy (non-hydrogen) atoms. The number of hydrogen-bond donors (Lipinski definition) is 2. The molecule has 0 spiro atoms. The Bertz CT molecular complexity index is 1420. The van der Waals surface area contributed by atoms with Crippen molar-refractivity contribution < 1.29 is 23.1 Å². The number of aromatic nitrogens is 6. The maximum absolute atomic E-state index is 10.6. The number of carboxylic acid groups (broad SMARTS) is 1. The molecule has 0 saturated carbocycles. The van der Waals surface area contributed by atoms with Crippen molar-refractivity contribution in [3.63, 3.8) is 0 Å². The van der Waals surface area contributed by atoms with E-state index < -0.39 is 12.1 Å². The summed E-state index contributed by atoms with van der Waals surface area (Å²) in [7, 11) is 1.86. The van der Waals surface area contributed by atoms with Crippen LogP contribution >= 0.6 is 0 Å². The minimum Gasteiger partial charge on any atom is -0.475 e. The number of piperazine rings is 1. The third-order valence-corrected chi connectivity index (χ3v) is 5.32. The Kier molecular flexibility index (Phi) is 6.84. The first-order valence-electron chi connectivity index (χ1n) is 10.7. The van der Waals surface area contributed by atoms with E-state index in [1.165, 1.54) is 0 Å². The second kappa shape index (κ2) is 10.0. The van der Waals surface area contributed by atoms with Gasteiger partial charge in [0.05, 0.1) is 30.0 Å². The molecule has 0 aromatic carbocycles. The number of rotatable bonds is 3. The smallest absolute Gasteiger partial charge is 0.475 e. The van der Waals surface area contributed by atoms with Crippen LogP contribution in [0.2, 0.25) is 0 Å². The lowest BCUT2D eigenvalue weighted by molar-refractivity contribution is -0.192. The Morgan fingerprint density at radius 3 is 2.39 bits per heavy atom. The van der Waals surface area contributed by atoms with Crippen molar-refractivity contribution in [1.82, 2.24) is 34.7 Å². The summed E-state index contributed by atoms with van der Waals surface area (Å²) in [5, 5.41) is 28.6. The van der Waals surface area contributed by atoms with Gasteiger partial charge in [-0.3, -0.25) is 4.68 Å². The average Bonchev–Trinajstić information content (AvgIpc) is 3.50. The Hall–Kier alpha value is -4.51. The maximum atomic E-state index is 10.6. The normalized spacial score (nSPS) is 13.7. The largest absolute Gasteiger partial charge is 0.490 e. The number of nitrogens with zero attached hydrogens (tertiary/aromatic N) is 8. The van der Waals surface area contributed by atoms with Crippen LogP contribution < -0.4 is 10.2 Å². The number of carboxylic acids is 1. The van der Waals surface area contributed by atoms with Crippen molar-refractivity contribution >= 4 is 17.3 Å². The van der Waals surface area contributed by atoms with E-state index in [1.807, 2.05) is 37.8 Å². The SMILES string of the molecule is Cn1cc(-c2cn3ncc(C#N)c3c(-c3ccc(N4CCNCC4)nc3)n2)cn1.O=C(O)C(F)(F)F. The number of anilines is 1. The number of nitrogens with one attached hydrogen (secondary N) is 1. The van der Waals surface area contributed by atoms with Crippen LogP contribution in [0.15, 0.2) is 43.1 Å². The lowest BCUT2D eigenvalue weighted by Gasteiger charge is -2.28. The molecule has 14 heteroatoms. The number of fused-ring (bicyclic) bond motifs is 1. The molecule has 11 nitrogen and oxygen atoms in total. The van der Waals surface area contributed by atoms with Crippen LogP contribution in [0.25, 0.3) is 28.0 Å². The molecule has 0 amide bonds. The summed E-state index contributed by atoms with van der Waals surface area (Å²) >= 11 is 0. The third-order valence-electron chi connectivity index (χ3n) is 5.32. The van der Waals surface area contributed by atoms with E-state index in [9.17, 15) is 18.4 Å². The summed E-state index contributed by atoms with van der Waals surface area (Å²) in [4.78, 5) is 20.7. The van der Waals surface area contributed by atoms with Crippen LogP contribution in [0.3, 0.4) is 0 Å². The van der Waals surface area contributed by atoms with Crippen LogP contribution in [0, 0.1) is 11.3 Å². The number of pyridine rings is 1. The number of halogens is 3. The highest BCUT2D eigenvalue weighted by molar-refractivity contribution is 5.83. The first kappa shape index (κ1) is 24.6. The first-order valence-corrected chi connectivity index (χ1v) is 10.7. The molecule has 0 unspecified atom stereocenters. The number of nitriles is 1. The molecule has 1 aliphatic heterocycles. The van der Waals surface area contributed by atoms with Crippen LogP contribution in [0.1, 0.15) is 5.56 Å². The number of aliphatic carboxylic acids is 1. The van der Waals surface area contributed by atoms with Gasteiger partial charge in [-0.25, -0.2) is 19.3 Å². The molecule has 0 atom stereocenters. The van der Waals surface area contributed by atoms with E-state index in [2.05, 4.69) is 31.5 Å². The minimum absolute atomic E-state index is 0.483. The summed E-state index contributed by atoms with van der Waals surface area (Å²) in [6.07, 6.45) is 3.78. The standard InChI is InChI=1S/C20H19N9.C2HF3O2/c1-27-12-16(11-24-27)17-13-29-20(15(8-21)10-25-29)19(26-17)14-2-3-18(23-9-14)28-6-4-22-5-7-28;3-2(4,5)1(6)7/h2-3,9-13,22H,4-7H2,1H3;(H,6,7). The topological polar surface area (TPSA) is 137 Å². The van der Waals surface area contributed by atoms with Crippen LogP contribution in [0.4, 0.5) is 19.0 Å². The van der Waals surface area contributed by atoms with Gasteiger partial charge in [0.2, 0.25) is 0 Å². The van der Waals surface area contributed by atoms with Gasteiger partial charge in [0.25, 0.3) is 0 Å². The van der Waals surface area contributed by atoms with Gasteiger partial charge in [0.15, 0.2) is 0 Å². The zero-order chi connectivity index (χ0) is 25.9. The van der Waals surface area contributed by atoms with E-state index in [-0.39, 0.29) is 0 Å². The van der Waals surface area contributed by atoms with Crippen molar-refractivity contribution in [1.29, 1.82) is 5.26 Å².